The molecule has 4 rings (SSSR count). The lowest BCUT2D eigenvalue weighted by atomic mass is 9.52. The van der Waals surface area contributed by atoms with Crippen molar-refractivity contribution in [1.29, 1.82) is 0 Å². The van der Waals surface area contributed by atoms with E-state index < -0.39 is 71.6 Å². The normalized spacial score (nSPS) is 39.4. The van der Waals surface area contributed by atoms with Gasteiger partial charge in [-0.2, -0.15) is 22.0 Å². The first kappa shape index (κ1) is 25.1. The molecule has 9 heteroatoms. The fourth-order valence-electron chi connectivity index (χ4n) is 7.11. The van der Waals surface area contributed by atoms with Gasteiger partial charge in [0, 0.05) is 24.2 Å². The zero-order valence-corrected chi connectivity index (χ0v) is 19.3. The Morgan fingerprint density at radius 2 is 1.88 bits per heavy atom. The standard InChI is InChI=1S/C25H29F5O4/c1-13(31)34-12-20(33)21-19(24(26,27)25(28,29)30)11-18-16-5-4-14-10-15(32)6-8-22(14,2)17(16)7-9-23(18,21)3/h6-8,10,15-16,18-19,21,32H,4-5,9,11-12H2,1-3H3/t15?,16?,18?,19-,21-,22+,23+/m1/s1. The highest BCUT2D eigenvalue weighted by atomic mass is 19.4. The molecular weight excluding hydrogens is 459 g/mol. The molecular formula is C25H29F5O4. The fraction of sp³-hybridized carbons (Fsp3) is 0.680. The smallest absolute Gasteiger partial charge is 0.453 e. The number of ketones is 1. The summed E-state index contributed by atoms with van der Waals surface area (Å²) < 4.78 is 74.8. The monoisotopic (exact) mass is 488 g/mol. The summed E-state index contributed by atoms with van der Waals surface area (Å²) in [5, 5.41) is 9.99. The molecule has 0 aliphatic heterocycles. The van der Waals surface area contributed by atoms with Gasteiger partial charge in [-0.15, -0.1) is 0 Å². The van der Waals surface area contributed by atoms with Crippen LogP contribution in [-0.2, 0) is 14.3 Å². The number of aliphatic hydroxyl groups excluding tert-OH is 1. The second-order valence-corrected chi connectivity index (χ2v) is 10.6. The predicted octanol–water partition coefficient (Wildman–Crippen LogP) is 5.18. The molecule has 3 unspecified atom stereocenters. The Balaban J connectivity index is 1.76. The highest BCUT2D eigenvalue weighted by Crippen LogP contribution is 2.68. The van der Waals surface area contributed by atoms with E-state index >= 15 is 0 Å². The Hall–Kier alpha value is -2.03. The van der Waals surface area contributed by atoms with Crippen molar-refractivity contribution in [2.75, 3.05) is 6.61 Å². The van der Waals surface area contributed by atoms with Gasteiger partial charge in [0.05, 0.1) is 6.10 Å². The predicted molar refractivity (Wildman–Crippen MR) is 113 cm³/mol. The molecule has 0 aromatic carbocycles. The second-order valence-electron chi connectivity index (χ2n) is 10.6. The van der Waals surface area contributed by atoms with Crippen LogP contribution in [0.1, 0.15) is 46.5 Å². The van der Waals surface area contributed by atoms with Crippen molar-refractivity contribution >= 4 is 11.8 Å². The van der Waals surface area contributed by atoms with Gasteiger partial charge in [0.2, 0.25) is 0 Å². The molecule has 0 spiro atoms. The molecule has 0 aromatic heterocycles. The Morgan fingerprint density at radius 1 is 1.21 bits per heavy atom. The summed E-state index contributed by atoms with van der Waals surface area (Å²) in [6.45, 7) is 3.83. The number of aliphatic hydroxyl groups is 1. The van der Waals surface area contributed by atoms with Crippen LogP contribution in [0.15, 0.2) is 35.5 Å². The number of rotatable bonds is 4. The van der Waals surface area contributed by atoms with E-state index in [1.807, 2.05) is 19.1 Å². The Labute approximate surface area is 194 Å². The molecule has 4 nitrogen and oxygen atoms in total. The molecule has 0 aromatic rings. The summed E-state index contributed by atoms with van der Waals surface area (Å²) in [5.74, 6) is -11.4. The largest absolute Gasteiger partial charge is 0.458 e. The van der Waals surface area contributed by atoms with E-state index in [9.17, 15) is 36.6 Å². The number of hydrogen-bond acceptors (Lipinski definition) is 4. The van der Waals surface area contributed by atoms with Crippen LogP contribution in [-0.4, -0.2) is 41.7 Å². The highest BCUT2D eigenvalue weighted by Gasteiger charge is 2.72. The van der Waals surface area contributed by atoms with Gasteiger partial charge in [-0.3, -0.25) is 9.59 Å². The van der Waals surface area contributed by atoms with Crippen LogP contribution in [0.2, 0.25) is 0 Å². The lowest BCUT2D eigenvalue weighted by Crippen LogP contribution is -2.50. The quantitative estimate of drug-likeness (QED) is 0.337. The van der Waals surface area contributed by atoms with E-state index in [1.165, 1.54) is 0 Å². The Morgan fingerprint density at radius 3 is 2.50 bits per heavy atom. The summed E-state index contributed by atoms with van der Waals surface area (Å²) in [4.78, 5) is 24.2. The zero-order chi connectivity index (χ0) is 25.3. The molecule has 7 atom stereocenters. The zero-order valence-electron chi connectivity index (χ0n) is 19.3. The summed E-state index contributed by atoms with van der Waals surface area (Å²) >= 11 is 0. The molecule has 34 heavy (non-hydrogen) atoms. The first-order valence-corrected chi connectivity index (χ1v) is 11.5. The van der Waals surface area contributed by atoms with Crippen LogP contribution in [0.25, 0.3) is 0 Å². The first-order valence-electron chi connectivity index (χ1n) is 11.5. The topological polar surface area (TPSA) is 63.6 Å². The van der Waals surface area contributed by atoms with Crippen molar-refractivity contribution < 1.29 is 41.4 Å². The maximum Gasteiger partial charge on any atom is 0.453 e. The van der Waals surface area contributed by atoms with Crippen molar-refractivity contribution in [2.24, 2.45) is 34.5 Å². The van der Waals surface area contributed by atoms with Gasteiger partial charge in [0.25, 0.3) is 0 Å². The van der Waals surface area contributed by atoms with Crippen LogP contribution >= 0.6 is 0 Å². The second kappa shape index (κ2) is 8.00. The Bertz CT molecular complexity index is 980. The van der Waals surface area contributed by atoms with Crippen LogP contribution in [0, 0.1) is 34.5 Å². The van der Waals surface area contributed by atoms with E-state index in [2.05, 4.69) is 0 Å². The lowest BCUT2D eigenvalue weighted by molar-refractivity contribution is -0.306. The lowest BCUT2D eigenvalue weighted by Gasteiger charge is -2.52. The maximum absolute atomic E-state index is 14.8. The number of halogens is 5. The highest BCUT2D eigenvalue weighted by molar-refractivity contribution is 5.85. The van der Waals surface area contributed by atoms with Crippen molar-refractivity contribution in [3.8, 4) is 0 Å². The fourth-order valence-corrected chi connectivity index (χ4v) is 7.11. The van der Waals surface area contributed by atoms with Gasteiger partial charge in [0.1, 0.15) is 6.61 Å². The summed E-state index contributed by atoms with van der Waals surface area (Å²) in [6.07, 6.45) is 1.55. The van der Waals surface area contributed by atoms with Crippen molar-refractivity contribution in [3.63, 3.8) is 0 Å². The minimum atomic E-state index is -5.80. The van der Waals surface area contributed by atoms with Gasteiger partial charge in [-0.25, -0.2) is 0 Å². The number of alkyl halides is 5. The number of esters is 1. The molecule has 4 aliphatic carbocycles. The van der Waals surface area contributed by atoms with E-state index in [1.54, 1.807) is 19.1 Å². The van der Waals surface area contributed by atoms with Crippen molar-refractivity contribution in [1.82, 2.24) is 0 Å². The number of fused-ring (bicyclic) bond motifs is 5. The third-order valence-corrected chi connectivity index (χ3v) is 8.71. The number of ether oxygens (including phenoxy) is 1. The van der Waals surface area contributed by atoms with Gasteiger partial charge in [-0.1, -0.05) is 42.4 Å². The van der Waals surface area contributed by atoms with Crippen LogP contribution < -0.4 is 0 Å². The summed E-state index contributed by atoms with van der Waals surface area (Å²) in [6, 6.07) is 0. The molecule has 2 fully saturated rings. The average Bonchev–Trinajstić information content (AvgIpc) is 3.05. The molecule has 0 radical (unpaired) electrons. The minimum absolute atomic E-state index is 0.170. The van der Waals surface area contributed by atoms with E-state index in [-0.39, 0.29) is 12.3 Å². The van der Waals surface area contributed by atoms with Crippen molar-refractivity contribution in [3.05, 3.63) is 35.5 Å². The van der Waals surface area contributed by atoms with Gasteiger partial charge >= 0.3 is 18.1 Å². The maximum atomic E-state index is 14.8. The molecule has 2 saturated carbocycles. The number of Topliss-reactive ketones (excluding diaryl/α,β-unsaturated/α-hetero) is 1. The molecule has 0 saturated heterocycles. The summed E-state index contributed by atoms with van der Waals surface area (Å²) in [7, 11) is 0. The third kappa shape index (κ3) is 3.65. The first-order chi connectivity index (χ1) is 15.6. The molecule has 1 N–H and O–H groups in total. The summed E-state index contributed by atoms with van der Waals surface area (Å²) in [5.41, 5.74) is 0.301. The molecule has 188 valence electrons. The molecule has 0 heterocycles. The van der Waals surface area contributed by atoms with E-state index in [4.69, 9.17) is 4.74 Å². The van der Waals surface area contributed by atoms with Gasteiger partial charge < -0.3 is 9.84 Å². The number of carbonyl (C=O) groups is 2. The molecule has 0 amide bonds. The SMILES string of the molecule is CC(=O)OCC(=O)[C@H]1[C@H](C(F)(F)C(F)(F)F)CC2C3CCC4=CC(O)C=C[C@]4(C)C3=CC[C@@]21C. The molecule has 0 bridgehead atoms. The van der Waals surface area contributed by atoms with Crippen molar-refractivity contribution in [2.45, 2.75) is 64.7 Å². The third-order valence-electron chi connectivity index (χ3n) is 8.71. The van der Waals surface area contributed by atoms with Crippen LogP contribution in [0.3, 0.4) is 0 Å². The van der Waals surface area contributed by atoms with E-state index in [0.717, 1.165) is 18.1 Å². The van der Waals surface area contributed by atoms with E-state index in [0.29, 0.717) is 12.8 Å². The minimum Gasteiger partial charge on any atom is -0.458 e. The Kier molecular flexibility index (Phi) is 5.90. The van der Waals surface area contributed by atoms with Crippen LogP contribution in [0.5, 0.6) is 0 Å². The number of carbonyl (C=O) groups excluding carboxylic acids is 2. The van der Waals surface area contributed by atoms with Crippen LogP contribution in [0.4, 0.5) is 22.0 Å². The van der Waals surface area contributed by atoms with Gasteiger partial charge in [0.15, 0.2) is 5.78 Å². The number of hydrogen-bond donors (Lipinski definition) is 1. The van der Waals surface area contributed by atoms with Gasteiger partial charge in [-0.05, 0) is 49.9 Å². The molecule has 4 aliphatic rings. The number of allylic oxidation sites excluding steroid dienone is 4. The average molecular weight is 488 g/mol.